The van der Waals surface area contributed by atoms with E-state index in [-0.39, 0.29) is 5.78 Å². The summed E-state index contributed by atoms with van der Waals surface area (Å²) < 4.78 is 0. The van der Waals surface area contributed by atoms with E-state index in [1.165, 1.54) is 18.9 Å². The van der Waals surface area contributed by atoms with Crippen molar-refractivity contribution >= 4 is 5.78 Å². The summed E-state index contributed by atoms with van der Waals surface area (Å²) in [7, 11) is 0. The van der Waals surface area contributed by atoms with Gasteiger partial charge in [-0.1, -0.05) is 6.58 Å². The molecule has 3 heterocycles. The summed E-state index contributed by atoms with van der Waals surface area (Å²) in [4.78, 5) is 13.5. The third kappa shape index (κ3) is 1.81. The summed E-state index contributed by atoms with van der Waals surface area (Å²) in [6.07, 6.45) is 3.93. The third-order valence-corrected chi connectivity index (χ3v) is 3.05. The fourth-order valence-corrected chi connectivity index (χ4v) is 2.26. The van der Waals surface area contributed by atoms with E-state index in [1.54, 1.807) is 0 Å². The smallest absolute Gasteiger partial charge is 0.169 e. The fraction of sp³-hybridized carbons (Fsp3) is 0.700. The minimum Gasteiger partial charge on any atom is -0.311 e. The number of carbonyl (C=O) groups is 1. The van der Waals surface area contributed by atoms with Crippen LogP contribution in [-0.4, -0.2) is 42.4 Å². The fourth-order valence-electron chi connectivity index (χ4n) is 2.26. The normalized spacial score (nSPS) is 33.2. The van der Waals surface area contributed by atoms with Crippen molar-refractivity contribution in [2.24, 2.45) is 0 Å². The predicted octanol–water partition coefficient (Wildman–Crippen LogP) is 0.178. The van der Waals surface area contributed by atoms with Crippen molar-refractivity contribution in [3.63, 3.8) is 0 Å². The van der Waals surface area contributed by atoms with Crippen LogP contribution in [0.4, 0.5) is 0 Å². The molecule has 2 unspecified atom stereocenters. The van der Waals surface area contributed by atoms with Crippen LogP contribution < -0.4 is 5.32 Å². The molecule has 0 aliphatic carbocycles. The van der Waals surface area contributed by atoms with Gasteiger partial charge in [0.15, 0.2) is 5.78 Å². The lowest BCUT2D eigenvalue weighted by Crippen LogP contribution is -2.61. The molecule has 1 N–H and O–H groups in total. The third-order valence-electron chi connectivity index (χ3n) is 3.05. The van der Waals surface area contributed by atoms with Gasteiger partial charge in [-0.2, -0.15) is 0 Å². The molecule has 2 bridgehead atoms. The summed E-state index contributed by atoms with van der Waals surface area (Å²) in [5.74, 6) is 0.146. The number of piperidine rings is 2. The molecule has 3 rings (SSSR count). The summed E-state index contributed by atoms with van der Waals surface area (Å²) in [6, 6.07) is 1.19. The predicted molar refractivity (Wildman–Crippen MR) is 51.6 cm³/mol. The lowest BCUT2D eigenvalue weighted by atomic mass is 9.93. The van der Waals surface area contributed by atoms with Crippen LogP contribution in [0, 0.1) is 0 Å². The van der Waals surface area contributed by atoms with E-state index >= 15 is 0 Å². The van der Waals surface area contributed by atoms with Crippen LogP contribution in [-0.2, 0) is 4.79 Å². The molecule has 0 spiro atoms. The maximum absolute atomic E-state index is 11.2. The first-order valence-electron chi connectivity index (χ1n) is 4.92. The monoisotopic (exact) mass is 180 g/mol. The highest BCUT2D eigenvalue weighted by Gasteiger charge is 2.33. The Morgan fingerprint density at radius 3 is 2.92 bits per heavy atom. The van der Waals surface area contributed by atoms with E-state index in [1.807, 2.05) is 0 Å². The summed E-state index contributed by atoms with van der Waals surface area (Å²) in [6.45, 7) is 6.14. The van der Waals surface area contributed by atoms with E-state index in [4.69, 9.17) is 0 Å². The number of hydrogen-bond donors (Lipinski definition) is 1. The summed E-state index contributed by atoms with van der Waals surface area (Å²) in [5.41, 5.74) is 0. The van der Waals surface area contributed by atoms with Crippen molar-refractivity contribution in [2.75, 3.05) is 19.6 Å². The Balaban J connectivity index is 1.93. The number of ketones is 1. The van der Waals surface area contributed by atoms with Crippen molar-refractivity contribution in [1.82, 2.24) is 10.2 Å². The van der Waals surface area contributed by atoms with Crippen molar-refractivity contribution in [3.8, 4) is 0 Å². The molecule has 0 aromatic heterocycles. The molecule has 0 aromatic carbocycles. The topological polar surface area (TPSA) is 32.3 Å². The van der Waals surface area contributed by atoms with Crippen LogP contribution in [0.25, 0.3) is 0 Å². The van der Waals surface area contributed by atoms with Gasteiger partial charge in [0.05, 0.1) is 6.54 Å². The molecule has 0 radical (unpaired) electrons. The molecule has 3 saturated heterocycles. The zero-order valence-corrected chi connectivity index (χ0v) is 7.83. The molecule has 13 heavy (non-hydrogen) atoms. The SMILES string of the molecule is C=CC(=O)CN1CC2CCC1CN2. The first-order valence-corrected chi connectivity index (χ1v) is 4.92. The Bertz CT molecular complexity index is 219. The van der Waals surface area contributed by atoms with Gasteiger partial charge in [-0.05, 0) is 18.9 Å². The van der Waals surface area contributed by atoms with Crippen LogP contribution in [0.3, 0.4) is 0 Å². The number of fused-ring (bicyclic) bond motifs is 3. The Labute approximate surface area is 78.8 Å². The molecule has 72 valence electrons. The molecular weight excluding hydrogens is 164 g/mol. The van der Waals surface area contributed by atoms with Crippen molar-refractivity contribution in [3.05, 3.63) is 12.7 Å². The van der Waals surface area contributed by atoms with E-state index in [9.17, 15) is 4.79 Å². The highest BCUT2D eigenvalue weighted by molar-refractivity contribution is 5.90. The second kappa shape index (κ2) is 3.60. The van der Waals surface area contributed by atoms with E-state index in [2.05, 4.69) is 16.8 Å². The highest BCUT2D eigenvalue weighted by Crippen LogP contribution is 2.21. The standard InChI is InChI=1S/C10H16N2O/c1-2-10(13)7-12-6-8-3-4-9(12)5-11-8/h2,8-9,11H,1,3-7H2. The van der Waals surface area contributed by atoms with E-state index < -0.39 is 0 Å². The number of nitrogens with zero attached hydrogens (tertiary/aromatic N) is 1. The Hall–Kier alpha value is -0.670. The van der Waals surface area contributed by atoms with Gasteiger partial charge in [0.25, 0.3) is 0 Å². The summed E-state index contributed by atoms with van der Waals surface area (Å²) in [5, 5.41) is 3.46. The first-order chi connectivity index (χ1) is 6.29. The molecule has 2 atom stereocenters. The van der Waals surface area contributed by atoms with Crippen molar-refractivity contribution in [1.29, 1.82) is 0 Å². The van der Waals surface area contributed by atoms with E-state index in [0.717, 1.165) is 13.1 Å². The van der Waals surface area contributed by atoms with E-state index in [0.29, 0.717) is 18.6 Å². The number of nitrogens with one attached hydrogen (secondary N) is 1. The van der Waals surface area contributed by atoms with Crippen LogP contribution in [0.5, 0.6) is 0 Å². The van der Waals surface area contributed by atoms with Gasteiger partial charge in [0.2, 0.25) is 0 Å². The van der Waals surface area contributed by atoms with Crippen molar-refractivity contribution in [2.45, 2.75) is 24.9 Å². The maximum atomic E-state index is 11.2. The van der Waals surface area contributed by atoms with Gasteiger partial charge in [-0.25, -0.2) is 0 Å². The number of carbonyl (C=O) groups excluding carboxylic acids is 1. The Kier molecular flexibility index (Phi) is 2.47. The highest BCUT2D eigenvalue weighted by atomic mass is 16.1. The van der Waals surface area contributed by atoms with Gasteiger partial charge in [-0.15, -0.1) is 0 Å². The van der Waals surface area contributed by atoms with Gasteiger partial charge in [0, 0.05) is 25.2 Å². The molecule has 0 aromatic rings. The minimum absolute atomic E-state index is 0.146. The van der Waals surface area contributed by atoms with Gasteiger partial charge in [0.1, 0.15) is 0 Å². The lowest BCUT2D eigenvalue weighted by molar-refractivity contribution is -0.117. The zero-order valence-electron chi connectivity index (χ0n) is 7.83. The Morgan fingerprint density at radius 2 is 2.46 bits per heavy atom. The van der Waals surface area contributed by atoms with Gasteiger partial charge >= 0.3 is 0 Å². The molecule has 3 fully saturated rings. The second-order valence-corrected chi connectivity index (χ2v) is 3.94. The average Bonchev–Trinajstić information content (AvgIpc) is 2.19. The van der Waals surface area contributed by atoms with Crippen LogP contribution >= 0.6 is 0 Å². The quantitative estimate of drug-likeness (QED) is 0.629. The largest absolute Gasteiger partial charge is 0.311 e. The Morgan fingerprint density at radius 1 is 1.62 bits per heavy atom. The minimum atomic E-state index is 0.146. The first kappa shape index (κ1) is 8.91. The molecule has 3 aliphatic rings. The van der Waals surface area contributed by atoms with Crippen LogP contribution in [0.15, 0.2) is 12.7 Å². The van der Waals surface area contributed by atoms with Gasteiger partial charge < -0.3 is 5.32 Å². The van der Waals surface area contributed by atoms with Crippen LogP contribution in [0.1, 0.15) is 12.8 Å². The number of hydrogen-bond acceptors (Lipinski definition) is 3. The second-order valence-electron chi connectivity index (χ2n) is 3.94. The van der Waals surface area contributed by atoms with Crippen molar-refractivity contribution < 1.29 is 4.79 Å². The van der Waals surface area contributed by atoms with Gasteiger partial charge in [-0.3, -0.25) is 9.69 Å². The molecule has 3 nitrogen and oxygen atoms in total. The summed E-state index contributed by atoms with van der Waals surface area (Å²) >= 11 is 0. The number of rotatable bonds is 3. The maximum Gasteiger partial charge on any atom is 0.169 e. The molecular formula is C10H16N2O. The molecule has 0 amide bonds. The molecule has 0 saturated carbocycles. The average molecular weight is 180 g/mol. The molecule has 3 aliphatic heterocycles. The van der Waals surface area contributed by atoms with Crippen LogP contribution in [0.2, 0.25) is 0 Å². The number of piperazine rings is 1. The zero-order chi connectivity index (χ0) is 9.26. The lowest BCUT2D eigenvalue weighted by Gasteiger charge is -2.45. The molecule has 3 heteroatoms.